The zero-order chi connectivity index (χ0) is 15.4. The van der Waals surface area contributed by atoms with Crippen molar-refractivity contribution in [3.8, 4) is 11.5 Å². The number of benzene rings is 1. The Morgan fingerprint density at radius 2 is 1.55 bits per heavy atom. The van der Waals surface area contributed by atoms with Crippen molar-refractivity contribution in [2.45, 2.75) is 17.6 Å². The molecular formula is C12H10Br2O6. The number of halogens is 2. The summed E-state index contributed by atoms with van der Waals surface area (Å²) in [5.41, 5.74) is 0.141. The lowest BCUT2D eigenvalue weighted by Crippen LogP contribution is -2.12. The van der Waals surface area contributed by atoms with Gasteiger partial charge < -0.3 is 14.6 Å². The quantitative estimate of drug-likeness (QED) is 0.467. The van der Waals surface area contributed by atoms with E-state index in [1.54, 1.807) is 0 Å². The zero-order valence-electron chi connectivity index (χ0n) is 10.5. The van der Waals surface area contributed by atoms with Crippen LogP contribution in [0.15, 0.2) is 12.1 Å². The summed E-state index contributed by atoms with van der Waals surface area (Å²) < 4.78 is 9.47. The second kappa shape index (κ2) is 6.85. The normalized spacial score (nSPS) is 10.2. The van der Waals surface area contributed by atoms with Crippen LogP contribution in [0.5, 0.6) is 11.5 Å². The Morgan fingerprint density at radius 1 is 1.05 bits per heavy atom. The summed E-state index contributed by atoms with van der Waals surface area (Å²) >= 11 is 6.45. The summed E-state index contributed by atoms with van der Waals surface area (Å²) in [6, 6.07) is 2.71. The van der Waals surface area contributed by atoms with E-state index in [2.05, 4.69) is 31.9 Å². The summed E-state index contributed by atoms with van der Waals surface area (Å²) in [7, 11) is 0. The molecular weight excluding hydrogens is 400 g/mol. The highest BCUT2D eigenvalue weighted by Crippen LogP contribution is 2.43. The van der Waals surface area contributed by atoms with Crippen molar-refractivity contribution in [2.24, 2.45) is 0 Å². The number of hydrogen-bond donors (Lipinski definition) is 1. The molecule has 0 unspecified atom stereocenters. The number of esters is 2. The Morgan fingerprint density at radius 3 is 1.95 bits per heavy atom. The van der Waals surface area contributed by atoms with Gasteiger partial charge in [0.05, 0.1) is 3.74 Å². The van der Waals surface area contributed by atoms with Gasteiger partial charge in [0, 0.05) is 19.4 Å². The number of carboxylic acids is 1. The van der Waals surface area contributed by atoms with E-state index in [-0.39, 0.29) is 17.1 Å². The Hall–Kier alpha value is -1.41. The van der Waals surface area contributed by atoms with Crippen LogP contribution in [-0.4, -0.2) is 23.0 Å². The van der Waals surface area contributed by atoms with E-state index in [1.165, 1.54) is 12.1 Å². The van der Waals surface area contributed by atoms with Crippen LogP contribution in [0.25, 0.3) is 0 Å². The number of carboxylic acid groups (broad SMARTS) is 1. The van der Waals surface area contributed by atoms with Crippen molar-refractivity contribution in [1.82, 2.24) is 0 Å². The molecule has 1 N–H and O–H groups in total. The summed E-state index contributed by atoms with van der Waals surface area (Å²) in [6.45, 7) is 2.28. The molecule has 20 heavy (non-hydrogen) atoms. The number of rotatable bonds is 4. The minimum absolute atomic E-state index is 0.119. The van der Waals surface area contributed by atoms with E-state index in [9.17, 15) is 14.4 Å². The summed E-state index contributed by atoms with van der Waals surface area (Å²) in [5, 5.41) is 9.11. The van der Waals surface area contributed by atoms with Crippen LogP contribution in [-0.2, 0) is 9.59 Å². The van der Waals surface area contributed by atoms with Gasteiger partial charge in [0.15, 0.2) is 11.5 Å². The monoisotopic (exact) mass is 408 g/mol. The van der Waals surface area contributed by atoms with Gasteiger partial charge in [-0.2, -0.15) is 0 Å². The van der Waals surface area contributed by atoms with Gasteiger partial charge >= 0.3 is 17.9 Å². The Bertz CT molecular complexity index is 567. The fraction of sp³-hybridized carbons (Fsp3) is 0.250. The van der Waals surface area contributed by atoms with Crippen LogP contribution in [0.3, 0.4) is 0 Å². The second-order valence-corrected chi connectivity index (χ2v) is 6.71. The third-order valence-corrected chi connectivity index (χ3v) is 3.09. The second-order valence-electron chi connectivity index (χ2n) is 3.65. The zero-order valence-corrected chi connectivity index (χ0v) is 13.6. The number of carbonyl (C=O) groups excluding carboxylic acids is 2. The lowest BCUT2D eigenvalue weighted by atomic mass is 10.1. The van der Waals surface area contributed by atoms with E-state index >= 15 is 0 Å². The molecule has 8 heteroatoms. The molecule has 0 saturated heterocycles. The molecule has 0 aromatic heterocycles. The fourth-order valence-corrected chi connectivity index (χ4v) is 2.13. The minimum atomic E-state index is -1.30. The van der Waals surface area contributed by atoms with Crippen molar-refractivity contribution in [3.63, 3.8) is 0 Å². The van der Waals surface area contributed by atoms with Crippen LogP contribution >= 0.6 is 31.9 Å². The van der Waals surface area contributed by atoms with Gasteiger partial charge in [0.25, 0.3) is 0 Å². The van der Waals surface area contributed by atoms with Crippen molar-refractivity contribution >= 4 is 49.8 Å². The third kappa shape index (κ3) is 4.04. The molecule has 0 atom stereocenters. The predicted octanol–water partition coefficient (Wildman–Crippen LogP) is 3.02. The first-order valence-corrected chi connectivity index (χ1v) is 7.12. The Labute approximate surface area is 131 Å². The highest BCUT2D eigenvalue weighted by Gasteiger charge is 2.25. The van der Waals surface area contributed by atoms with Crippen molar-refractivity contribution in [2.75, 3.05) is 0 Å². The van der Waals surface area contributed by atoms with E-state index in [0.717, 1.165) is 13.8 Å². The highest BCUT2D eigenvalue weighted by atomic mass is 79.9. The number of ether oxygens (including phenoxy) is 2. The van der Waals surface area contributed by atoms with Crippen LogP contribution in [0.1, 0.15) is 33.5 Å². The van der Waals surface area contributed by atoms with Gasteiger partial charge in [-0.3, -0.25) is 9.59 Å². The summed E-state index contributed by atoms with van der Waals surface area (Å²) in [6.07, 6.45) is 0. The Kier molecular flexibility index (Phi) is 5.70. The molecule has 108 valence electrons. The third-order valence-electron chi connectivity index (χ3n) is 2.10. The first kappa shape index (κ1) is 16.6. The largest absolute Gasteiger partial charge is 0.478 e. The van der Waals surface area contributed by atoms with Crippen LogP contribution in [0, 0.1) is 0 Å². The SMILES string of the molecule is CC(=O)Oc1c(C(=O)O)ccc(C(Br)Br)c1OC(C)=O. The lowest BCUT2D eigenvalue weighted by Gasteiger charge is -2.16. The molecule has 0 saturated carbocycles. The van der Waals surface area contributed by atoms with Gasteiger partial charge in [-0.25, -0.2) is 4.79 Å². The summed E-state index contributed by atoms with van der Waals surface area (Å²) in [4.78, 5) is 33.5. The van der Waals surface area contributed by atoms with Crippen LogP contribution in [0.2, 0.25) is 0 Å². The maximum absolute atomic E-state index is 11.2. The van der Waals surface area contributed by atoms with E-state index in [0.29, 0.717) is 5.56 Å². The molecule has 1 aromatic carbocycles. The van der Waals surface area contributed by atoms with Gasteiger partial charge in [0.2, 0.25) is 0 Å². The standard InChI is InChI=1S/C12H10Br2O6/c1-5(15)19-9-7(11(13)14)3-4-8(12(17)18)10(9)20-6(2)16/h3-4,11H,1-2H3,(H,17,18). The minimum Gasteiger partial charge on any atom is -0.478 e. The molecule has 0 fully saturated rings. The molecule has 0 aliphatic rings. The molecule has 0 aliphatic heterocycles. The predicted molar refractivity (Wildman–Crippen MR) is 76.6 cm³/mol. The maximum Gasteiger partial charge on any atom is 0.339 e. The average molecular weight is 410 g/mol. The van der Waals surface area contributed by atoms with E-state index < -0.39 is 21.6 Å². The van der Waals surface area contributed by atoms with E-state index in [4.69, 9.17) is 14.6 Å². The highest BCUT2D eigenvalue weighted by molar-refractivity contribution is 9.24. The first-order valence-electron chi connectivity index (χ1n) is 5.29. The van der Waals surface area contributed by atoms with Crippen LogP contribution < -0.4 is 9.47 Å². The molecule has 0 amide bonds. The summed E-state index contributed by atoms with van der Waals surface area (Å²) in [5.74, 6) is -3.11. The number of carbonyl (C=O) groups is 3. The first-order chi connectivity index (χ1) is 9.23. The fourth-order valence-electron chi connectivity index (χ4n) is 1.41. The average Bonchev–Trinajstić information content (AvgIpc) is 2.28. The molecule has 1 rings (SSSR count). The number of hydrogen-bond acceptors (Lipinski definition) is 5. The molecule has 6 nitrogen and oxygen atoms in total. The van der Waals surface area contributed by atoms with Crippen molar-refractivity contribution in [3.05, 3.63) is 23.3 Å². The lowest BCUT2D eigenvalue weighted by molar-refractivity contribution is -0.134. The number of alkyl halides is 2. The molecule has 0 bridgehead atoms. The molecule has 0 aliphatic carbocycles. The molecule has 0 spiro atoms. The maximum atomic E-state index is 11.2. The van der Waals surface area contributed by atoms with Gasteiger partial charge in [-0.1, -0.05) is 37.9 Å². The number of aromatic carboxylic acids is 1. The smallest absolute Gasteiger partial charge is 0.339 e. The topological polar surface area (TPSA) is 89.9 Å². The Balaban J connectivity index is 3.57. The van der Waals surface area contributed by atoms with E-state index in [1.807, 2.05) is 0 Å². The molecule has 1 aromatic rings. The van der Waals surface area contributed by atoms with Crippen LogP contribution in [0.4, 0.5) is 0 Å². The van der Waals surface area contributed by atoms with Gasteiger partial charge in [-0.15, -0.1) is 0 Å². The molecule has 0 heterocycles. The van der Waals surface area contributed by atoms with Gasteiger partial charge in [-0.05, 0) is 6.07 Å². The van der Waals surface area contributed by atoms with Gasteiger partial charge in [0.1, 0.15) is 5.56 Å². The van der Waals surface area contributed by atoms with Crippen molar-refractivity contribution < 1.29 is 29.0 Å². The molecule has 0 radical (unpaired) electrons. The van der Waals surface area contributed by atoms with Crippen molar-refractivity contribution in [1.29, 1.82) is 0 Å².